The quantitative estimate of drug-likeness (QED) is 0.275. The molecule has 1 saturated heterocycles. The molecule has 3 aromatic rings. The number of ether oxygens (including phenoxy) is 1. The molecule has 44 heavy (non-hydrogen) atoms. The minimum Gasteiger partial charge on any atom is -0.482 e. The Bertz CT molecular complexity index is 1510. The summed E-state index contributed by atoms with van der Waals surface area (Å²) in [6.07, 6.45) is -10.1. The summed E-state index contributed by atoms with van der Waals surface area (Å²) in [4.78, 5) is 29.8. The van der Waals surface area contributed by atoms with Crippen molar-refractivity contribution >= 4 is 29.1 Å². The summed E-state index contributed by atoms with van der Waals surface area (Å²) in [5, 5.41) is 2.18. The zero-order valence-electron chi connectivity index (χ0n) is 23.4. The van der Waals surface area contributed by atoms with Crippen LogP contribution in [0.25, 0.3) is 0 Å². The van der Waals surface area contributed by atoms with Crippen LogP contribution in [0.5, 0.6) is 5.75 Å². The minimum atomic E-state index is -5.12. The van der Waals surface area contributed by atoms with Gasteiger partial charge in [0.05, 0.1) is 22.4 Å². The van der Waals surface area contributed by atoms with Crippen molar-refractivity contribution in [2.75, 3.05) is 25.0 Å². The van der Waals surface area contributed by atoms with Crippen molar-refractivity contribution in [1.82, 2.24) is 9.80 Å². The van der Waals surface area contributed by atoms with Gasteiger partial charge in [-0.1, -0.05) is 23.7 Å². The lowest BCUT2D eigenvalue weighted by atomic mass is 10.0. The molecule has 0 aliphatic carbocycles. The van der Waals surface area contributed by atoms with Crippen LogP contribution in [0, 0.1) is 5.82 Å². The van der Waals surface area contributed by atoms with Gasteiger partial charge in [0.1, 0.15) is 11.6 Å². The highest BCUT2D eigenvalue weighted by molar-refractivity contribution is 6.31. The molecule has 1 heterocycles. The topological polar surface area (TPSA) is 61.9 Å². The highest BCUT2D eigenvalue weighted by Crippen LogP contribution is 2.37. The normalized spacial score (nSPS) is 17.8. The fourth-order valence-corrected chi connectivity index (χ4v) is 5.06. The molecule has 14 heteroatoms. The van der Waals surface area contributed by atoms with E-state index >= 15 is 0 Å². The third-order valence-corrected chi connectivity index (χ3v) is 7.41. The molecule has 6 nitrogen and oxygen atoms in total. The van der Waals surface area contributed by atoms with Crippen LogP contribution in [-0.4, -0.2) is 53.4 Å². The molecule has 0 unspecified atom stereocenters. The number of carbonyl (C=O) groups is 2. The molecule has 1 fully saturated rings. The fourth-order valence-electron chi connectivity index (χ4n) is 4.88. The van der Waals surface area contributed by atoms with E-state index in [0.717, 1.165) is 11.6 Å². The van der Waals surface area contributed by atoms with Crippen molar-refractivity contribution in [3.8, 4) is 5.75 Å². The number of carbonyl (C=O) groups excluding carboxylic acids is 2. The lowest BCUT2D eigenvalue weighted by Crippen LogP contribution is -2.58. The van der Waals surface area contributed by atoms with Gasteiger partial charge in [0.25, 0.3) is 11.8 Å². The second-order valence-corrected chi connectivity index (χ2v) is 10.9. The first-order valence-corrected chi connectivity index (χ1v) is 13.7. The van der Waals surface area contributed by atoms with Crippen molar-refractivity contribution < 1.29 is 45.1 Å². The maximum Gasteiger partial charge on any atom is 0.417 e. The Morgan fingerprint density at radius 2 is 1.59 bits per heavy atom. The summed E-state index contributed by atoms with van der Waals surface area (Å²) in [6, 6.07) is 10.2. The zero-order valence-corrected chi connectivity index (χ0v) is 24.2. The van der Waals surface area contributed by atoms with Gasteiger partial charge in [0.2, 0.25) is 0 Å². The SMILES string of the molecule is C[C@@H]1CN(C(=O)COc2ccc(Cl)cc2NC(=O)c2cc(C(F)(F)F)ccc2C(F)(F)F)[C@@H](C)CN1Cc1ccc(F)cc1. The van der Waals surface area contributed by atoms with Crippen LogP contribution in [0.4, 0.5) is 36.4 Å². The molecule has 0 radical (unpaired) electrons. The van der Waals surface area contributed by atoms with Crippen LogP contribution in [0.3, 0.4) is 0 Å². The van der Waals surface area contributed by atoms with Gasteiger partial charge in [-0.3, -0.25) is 14.5 Å². The molecule has 236 valence electrons. The van der Waals surface area contributed by atoms with E-state index in [0.29, 0.717) is 19.6 Å². The molecule has 2 atom stereocenters. The van der Waals surface area contributed by atoms with E-state index in [9.17, 15) is 40.3 Å². The Kier molecular flexibility index (Phi) is 9.79. The average molecular weight is 646 g/mol. The standard InChI is InChI=1S/C30H27ClF7N3O3/c1-17-14-41(18(2)13-40(17)15-19-3-7-22(32)8-4-19)27(42)16-44-26-10-6-21(31)12-25(26)39-28(43)23-11-20(29(33,34)35)5-9-24(23)30(36,37)38/h3-12,17-18H,13-16H2,1-2H3,(H,39,43)/t17-,18+/m1/s1. The highest BCUT2D eigenvalue weighted by Gasteiger charge is 2.39. The highest BCUT2D eigenvalue weighted by atomic mass is 35.5. The monoisotopic (exact) mass is 645 g/mol. The minimum absolute atomic E-state index is 0.0405. The van der Waals surface area contributed by atoms with Crippen molar-refractivity contribution in [3.63, 3.8) is 0 Å². The number of anilines is 1. The zero-order chi connectivity index (χ0) is 32.4. The summed E-state index contributed by atoms with van der Waals surface area (Å²) in [5.74, 6) is -2.36. The summed E-state index contributed by atoms with van der Waals surface area (Å²) in [6.45, 7) is 4.71. The van der Waals surface area contributed by atoms with Crippen molar-refractivity contribution in [2.45, 2.75) is 44.8 Å². The van der Waals surface area contributed by atoms with Crippen molar-refractivity contribution in [3.05, 3.63) is 93.8 Å². The van der Waals surface area contributed by atoms with E-state index in [2.05, 4.69) is 10.2 Å². The molecule has 4 rings (SSSR count). The van der Waals surface area contributed by atoms with Crippen molar-refractivity contribution in [1.29, 1.82) is 0 Å². The number of nitrogens with one attached hydrogen (secondary N) is 1. The van der Waals surface area contributed by atoms with Gasteiger partial charge in [0, 0.05) is 36.7 Å². The first-order chi connectivity index (χ1) is 20.5. The first-order valence-electron chi connectivity index (χ1n) is 13.3. The molecular formula is C30H27ClF7N3O3. The first kappa shape index (κ1) is 33.1. The van der Waals surface area contributed by atoms with E-state index in [-0.39, 0.29) is 52.6 Å². The molecular weight excluding hydrogens is 619 g/mol. The summed E-state index contributed by atoms with van der Waals surface area (Å²) in [7, 11) is 0. The second kappa shape index (κ2) is 13.0. The number of halogens is 8. The van der Waals surface area contributed by atoms with Crippen LogP contribution >= 0.6 is 11.6 Å². The molecule has 1 aliphatic rings. The Morgan fingerprint density at radius 3 is 2.23 bits per heavy atom. The summed E-state index contributed by atoms with van der Waals surface area (Å²) >= 11 is 6.00. The number of amides is 2. The van der Waals surface area contributed by atoms with Crippen LogP contribution < -0.4 is 10.1 Å². The molecule has 1 N–H and O–H groups in total. The maximum atomic E-state index is 13.5. The predicted octanol–water partition coefficient (Wildman–Crippen LogP) is 7.27. The molecule has 2 amide bonds. The number of hydrogen-bond acceptors (Lipinski definition) is 4. The average Bonchev–Trinajstić information content (AvgIpc) is 2.94. The number of alkyl halides is 6. The summed E-state index contributed by atoms with van der Waals surface area (Å²) in [5.41, 5.74) is -3.59. The van der Waals surface area contributed by atoms with Gasteiger partial charge >= 0.3 is 12.4 Å². The third kappa shape index (κ3) is 8.00. The van der Waals surface area contributed by atoms with Gasteiger partial charge in [-0.15, -0.1) is 0 Å². The van der Waals surface area contributed by atoms with E-state index in [1.807, 2.05) is 13.8 Å². The molecule has 0 aromatic heterocycles. The second-order valence-electron chi connectivity index (χ2n) is 10.4. The number of nitrogens with zero attached hydrogens (tertiary/aromatic N) is 2. The largest absolute Gasteiger partial charge is 0.482 e. The molecule has 3 aromatic carbocycles. The number of piperazine rings is 1. The Hall–Kier alpha value is -3.84. The van der Waals surface area contributed by atoms with Crippen molar-refractivity contribution in [2.24, 2.45) is 0 Å². The van der Waals surface area contributed by atoms with Crippen LogP contribution in [-0.2, 0) is 23.7 Å². The van der Waals surface area contributed by atoms with E-state index < -0.39 is 47.5 Å². The van der Waals surface area contributed by atoms with Crippen LogP contribution in [0.15, 0.2) is 60.7 Å². The van der Waals surface area contributed by atoms with Gasteiger partial charge in [-0.25, -0.2) is 4.39 Å². The van der Waals surface area contributed by atoms with E-state index in [1.54, 1.807) is 17.0 Å². The number of benzene rings is 3. The molecule has 0 saturated carbocycles. The number of rotatable bonds is 7. The molecule has 1 aliphatic heterocycles. The van der Waals surface area contributed by atoms with E-state index in [4.69, 9.17) is 16.3 Å². The fraction of sp³-hybridized carbons (Fsp3) is 0.333. The molecule has 0 spiro atoms. The van der Waals surface area contributed by atoms with Gasteiger partial charge in [0.15, 0.2) is 6.61 Å². The smallest absolute Gasteiger partial charge is 0.417 e. The predicted molar refractivity (Wildman–Crippen MR) is 149 cm³/mol. The Labute approximate surface area is 253 Å². The van der Waals surface area contributed by atoms with E-state index in [1.165, 1.54) is 24.3 Å². The van der Waals surface area contributed by atoms with Gasteiger partial charge < -0.3 is 15.0 Å². The van der Waals surface area contributed by atoms with Gasteiger partial charge in [-0.05, 0) is 67.9 Å². The maximum absolute atomic E-state index is 13.5. The Balaban J connectivity index is 1.46. The third-order valence-electron chi connectivity index (χ3n) is 7.17. The number of hydrogen-bond donors (Lipinski definition) is 1. The molecule has 0 bridgehead atoms. The van der Waals surface area contributed by atoms with Gasteiger partial charge in [-0.2, -0.15) is 26.3 Å². The lowest BCUT2D eigenvalue weighted by Gasteiger charge is -2.44. The van der Waals surface area contributed by atoms with Crippen LogP contribution in [0.2, 0.25) is 5.02 Å². The summed E-state index contributed by atoms with van der Waals surface area (Å²) < 4.78 is 99.2. The Morgan fingerprint density at radius 1 is 0.909 bits per heavy atom. The van der Waals surface area contributed by atoms with Crippen LogP contribution in [0.1, 0.15) is 40.9 Å². The lowest BCUT2D eigenvalue weighted by molar-refractivity contribution is -0.141.